The molecule has 0 saturated heterocycles. The zero-order valence-corrected chi connectivity index (χ0v) is 7.99. The molecule has 0 fully saturated rings. The van der Waals surface area contributed by atoms with Crippen molar-refractivity contribution in [3.8, 4) is 0 Å². The fourth-order valence-corrected chi connectivity index (χ4v) is 0.635. The molecular formula is C10H18O2. The maximum atomic E-state index is 9.52. The smallest absolute Gasteiger partial charge is 0.0796 e. The highest BCUT2D eigenvalue weighted by Gasteiger charge is 2.24. The molecule has 0 aliphatic rings. The van der Waals surface area contributed by atoms with Crippen LogP contribution in [0.15, 0.2) is 24.3 Å². The van der Waals surface area contributed by atoms with Crippen molar-refractivity contribution in [1.82, 2.24) is 0 Å². The molecule has 1 unspecified atom stereocenters. The zero-order chi connectivity index (χ0) is 9.61. The molecule has 0 heterocycles. The summed E-state index contributed by atoms with van der Waals surface area (Å²) in [6.45, 7) is 5.53. The molecule has 70 valence electrons. The second kappa shape index (κ2) is 5.12. The fourth-order valence-electron chi connectivity index (χ4n) is 0.635. The lowest BCUT2D eigenvalue weighted by atomic mass is 9.87. The van der Waals surface area contributed by atoms with Crippen LogP contribution in [0.25, 0.3) is 0 Å². The number of aliphatic hydroxyl groups is 2. The molecule has 0 amide bonds. The monoisotopic (exact) mass is 170 g/mol. The van der Waals surface area contributed by atoms with E-state index in [1.165, 1.54) is 0 Å². The Balaban J connectivity index is 4.11. The summed E-state index contributed by atoms with van der Waals surface area (Å²) >= 11 is 0. The lowest BCUT2D eigenvalue weighted by Crippen LogP contribution is -2.30. The van der Waals surface area contributed by atoms with Crippen LogP contribution in [0.4, 0.5) is 0 Å². The Hall–Kier alpha value is -0.600. The van der Waals surface area contributed by atoms with Crippen LogP contribution in [0.2, 0.25) is 0 Å². The average molecular weight is 170 g/mol. The van der Waals surface area contributed by atoms with Gasteiger partial charge in [-0.2, -0.15) is 0 Å². The summed E-state index contributed by atoms with van der Waals surface area (Å²) in [5, 5.41) is 18.4. The quantitative estimate of drug-likeness (QED) is 0.628. The van der Waals surface area contributed by atoms with Crippen molar-refractivity contribution in [3.05, 3.63) is 24.3 Å². The molecule has 2 nitrogen and oxygen atoms in total. The van der Waals surface area contributed by atoms with E-state index >= 15 is 0 Å². The van der Waals surface area contributed by atoms with Crippen molar-refractivity contribution in [3.63, 3.8) is 0 Å². The van der Waals surface area contributed by atoms with Crippen molar-refractivity contribution in [2.24, 2.45) is 5.41 Å². The van der Waals surface area contributed by atoms with Crippen molar-refractivity contribution < 1.29 is 10.2 Å². The van der Waals surface area contributed by atoms with Crippen LogP contribution in [0, 0.1) is 5.41 Å². The first kappa shape index (κ1) is 11.4. The van der Waals surface area contributed by atoms with Crippen LogP contribution in [-0.2, 0) is 0 Å². The lowest BCUT2D eigenvalue weighted by Gasteiger charge is -2.25. The Morgan fingerprint density at radius 1 is 1.33 bits per heavy atom. The molecule has 1 atom stereocenters. The van der Waals surface area contributed by atoms with Crippen LogP contribution in [0.5, 0.6) is 0 Å². The van der Waals surface area contributed by atoms with Crippen LogP contribution < -0.4 is 0 Å². The Labute approximate surface area is 74.2 Å². The molecule has 0 spiro atoms. The summed E-state index contributed by atoms with van der Waals surface area (Å²) in [6, 6.07) is 0. The van der Waals surface area contributed by atoms with Crippen molar-refractivity contribution in [2.45, 2.75) is 26.9 Å². The first-order valence-electron chi connectivity index (χ1n) is 4.13. The first-order valence-corrected chi connectivity index (χ1v) is 4.13. The number of hydrogen-bond donors (Lipinski definition) is 2. The highest BCUT2D eigenvalue weighted by atomic mass is 16.3. The molecule has 0 aromatic rings. The predicted molar refractivity (Wildman–Crippen MR) is 50.8 cm³/mol. The predicted octanol–water partition coefficient (Wildman–Crippen LogP) is 1.50. The lowest BCUT2D eigenvalue weighted by molar-refractivity contribution is 0.0383. The second-order valence-electron chi connectivity index (χ2n) is 3.50. The van der Waals surface area contributed by atoms with Gasteiger partial charge in [-0.25, -0.2) is 0 Å². The van der Waals surface area contributed by atoms with E-state index in [0.29, 0.717) is 0 Å². The minimum Gasteiger partial charge on any atom is -0.396 e. The third-order valence-electron chi connectivity index (χ3n) is 1.81. The summed E-state index contributed by atoms with van der Waals surface area (Å²) in [4.78, 5) is 0. The summed E-state index contributed by atoms with van der Waals surface area (Å²) in [5.41, 5.74) is -0.460. The van der Waals surface area contributed by atoms with Crippen molar-refractivity contribution in [1.29, 1.82) is 0 Å². The van der Waals surface area contributed by atoms with Gasteiger partial charge in [-0.15, -0.1) is 0 Å². The minimum absolute atomic E-state index is 0.0195. The molecular weight excluding hydrogens is 152 g/mol. The maximum Gasteiger partial charge on any atom is 0.0796 e. The van der Waals surface area contributed by atoms with Gasteiger partial charge in [0.25, 0.3) is 0 Å². The minimum atomic E-state index is -0.598. The molecule has 0 saturated carbocycles. The van der Waals surface area contributed by atoms with Crippen LogP contribution in [0.3, 0.4) is 0 Å². The third kappa shape index (κ3) is 3.69. The highest BCUT2D eigenvalue weighted by molar-refractivity contribution is 5.06. The first-order chi connectivity index (χ1) is 5.54. The summed E-state index contributed by atoms with van der Waals surface area (Å²) < 4.78 is 0. The Kier molecular flexibility index (Phi) is 4.86. The molecule has 0 aromatic carbocycles. The Morgan fingerprint density at radius 3 is 2.33 bits per heavy atom. The van der Waals surface area contributed by atoms with Crippen LogP contribution >= 0.6 is 0 Å². The van der Waals surface area contributed by atoms with Gasteiger partial charge >= 0.3 is 0 Å². The van der Waals surface area contributed by atoms with Gasteiger partial charge in [0.05, 0.1) is 12.7 Å². The molecule has 0 rings (SSSR count). The molecule has 0 aliphatic heterocycles. The normalized spacial score (nSPS) is 16.1. The number of allylic oxidation sites excluding steroid dienone is 3. The van der Waals surface area contributed by atoms with Crippen molar-refractivity contribution >= 4 is 0 Å². The molecule has 2 heteroatoms. The van der Waals surface area contributed by atoms with E-state index in [-0.39, 0.29) is 6.61 Å². The SMILES string of the molecule is CC=CC=CC(O)C(C)(C)CO. The molecule has 2 N–H and O–H groups in total. The van der Waals surface area contributed by atoms with Gasteiger partial charge in [-0.3, -0.25) is 0 Å². The van der Waals surface area contributed by atoms with E-state index in [0.717, 1.165) is 0 Å². The zero-order valence-electron chi connectivity index (χ0n) is 7.99. The number of aliphatic hydroxyl groups excluding tert-OH is 2. The summed E-state index contributed by atoms with van der Waals surface area (Å²) in [5.74, 6) is 0. The van der Waals surface area contributed by atoms with Gasteiger partial charge in [-0.1, -0.05) is 38.2 Å². The third-order valence-corrected chi connectivity index (χ3v) is 1.81. The number of hydrogen-bond acceptors (Lipinski definition) is 2. The van der Waals surface area contributed by atoms with Crippen LogP contribution in [-0.4, -0.2) is 22.9 Å². The second-order valence-corrected chi connectivity index (χ2v) is 3.50. The molecule has 12 heavy (non-hydrogen) atoms. The Morgan fingerprint density at radius 2 is 1.92 bits per heavy atom. The highest BCUT2D eigenvalue weighted by Crippen LogP contribution is 2.20. The summed E-state index contributed by atoms with van der Waals surface area (Å²) in [6.07, 6.45) is 6.59. The molecule has 0 aromatic heterocycles. The maximum absolute atomic E-state index is 9.52. The van der Waals surface area contributed by atoms with Gasteiger partial charge in [0, 0.05) is 5.41 Å². The van der Waals surface area contributed by atoms with Gasteiger partial charge in [0.2, 0.25) is 0 Å². The average Bonchev–Trinajstić information content (AvgIpc) is 2.05. The van der Waals surface area contributed by atoms with Gasteiger partial charge in [-0.05, 0) is 6.92 Å². The van der Waals surface area contributed by atoms with E-state index in [4.69, 9.17) is 5.11 Å². The van der Waals surface area contributed by atoms with E-state index in [9.17, 15) is 5.11 Å². The largest absolute Gasteiger partial charge is 0.396 e. The summed E-state index contributed by atoms with van der Waals surface area (Å²) in [7, 11) is 0. The van der Waals surface area contributed by atoms with E-state index < -0.39 is 11.5 Å². The van der Waals surface area contributed by atoms with Gasteiger partial charge in [0.1, 0.15) is 0 Å². The molecule has 0 aliphatic carbocycles. The standard InChI is InChI=1S/C10H18O2/c1-4-5-6-7-9(12)10(2,3)8-11/h4-7,9,11-12H,8H2,1-3H3. The number of rotatable bonds is 4. The van der Waals surface area contributed by atoms with E-state index in [2.05, 4.69) is 0 Å². The molecule has 0 radical (unpaired) electrons. The van der Waals surface area contributed by atoms with Gasteiger partial charge < -0.3 is 10.2 Å². The Bertz CT molecular complexity index is 169. The van der Waals surface area contributed by atoms with E-state index in [1.54, 1.807) is 12.2 Å². The fraction of sp³-hybridized carbons (Fsp3) is 0.600. The van der Waals surface area contributed by atoms with E-state index in [1.807, 2.05) is 32.9 Å². The van der Waals surface area contributed by atoms with Crippen LogP contribution in [0.1, 0.15) is 20.8 Å². The van der Waals surface area contributed by atoms with Gasteiger partial charge in [0.15, 0.2) is 0 Å². The topological polar surface area (TPSA) is 40.5 Å². The molecule has 0 bridgehead atoms. The van der Waals surface area contributed by atoms with Crippen molar-refractivity contribution in [2.75, 3.05) is 6.61 Å².